The SMILES string of the molecule is COc1cccc(Br)c1COC(C)C. The van der Waals surface area contributed by atoms with Crippen molar-refractivity contribution in [2.45, 2.75) is 26.6 Å². The Morgan fingerprint density at radius 3 is 2.64 bits per heavy atom. The molecule has 0 heterocycles. The summed E-state index contributed by atoms with van der Waals surface area (Å²) in [5.74, 6) is 0.861. The summed E-state index contributed by atoms with van der Waals surface area (Å²) in [7, 11) is 1.67. The smallest absolute Gasteiger partial charge is 0.125 e. The first-order valence-corrected chi connectivity index (χ1v) is 5.37. The molecule has 2 nitrogen and oxygen atoms in total. The largest absolute Gasteiger partial charge is 0.496 e. The van der Waals surface area contributed by atoms with Gasteiger partial charge in [-0.15, -0.1) is 0 Å². The molecular formula is C11H15BrO2. The van der Waals surface area contributed by atoms with Crippen molar-refractivity contribution in [2.24, 2.45) is 0 Å². The monoisotopic (exact) mass is 258 g/mol. The molecule has 3 heteroatoms. The van der Waals surface area contributed by atoms with Gasteiger partial charge >= 0.3 is 0 Å². The number of rotatable bonds is 4. The van der Waals surface area contributed by atoms with Crippen LogP contribution in [-0.4, -0.2) is 13.2 Å². The molecule has 0 atom stereocenters. The molecule has 0 aliphatic rings. The third-order valence-corrected chi connectivity index (χ3v) is 2.60. The highest BCUT2D eigenvalue weighted by Crippen LogP contribution is 2.27. The van der Waals surface area contributed by atoms with Crippen molar-refractivity contribution in [1.29, 1.82) is 0 Å². The topological polar surface area (TPSA) is 18.5 Å². The Labute approximate surface area is 93.4 Å². The van der Waals surface area contributed by atoms with Crippen molar-refractivity contribution in [2.75, 3.05) is 7.11 Å². The molecule has 78 valence electrons. The van der Waals surface area contributed by atoms with Gasteiger partial charge in [-0.05, 0) is 26.0 Å². The van der Waals surface area contributed by atoms with Gasteiger partial charge in [-0.2, -0.15) is 0 Å². The zero-order chi connectivity index (χ0) is 10.6. The van der Waals surface area contributed by atoms with E-state index in [1.54, 1.807) is 7.11 Å². The van der Waals surface area contributed by atoms with E-state index in [2.05, 4.69) is 15.9 Å². The summed E-state index contributed by atoms with van der Waals surface area (Å²) in [6.45, 7) is 4.61. The first-order valence-electron chi connectivity index (χ1n) is 4.58. The highest BCUT2D eigenvalue weighted by atomic mass is 79.9. The van der Waals surface area contributed by atoms with Crippen LogP contribution in [0.2, 0.25) is 0 Å². The molecule has 0 aliphatic heterocycles. The van der Waals surface area contributed by atoms with Crippen LogP contribution < -0.4 is 4.74 Å². The zero-order valence-electron chi connectivity index (χ0n) is 8.71. The summed E-state index contributed by atoms with van der Waals surface area (Å²) in [6, 6.07) is 5.87. The number of benzene rings is 1. The predicted octanol–water partition coefficient (Wildman–Crippen LogP) is 3.38. The molecule has 1 aromatic carbocycles. The molecule has 0 saturated heterocycles. The summed E-state index contributed by atoms with van der Waals surface area (Å²) in [5.41, 5.74) is 1.06. The molecule has 0 amide bonds. The van der Waals surface area contributed by atoms with Gasteiger partial charge in [-0.1, -0.05) is 22.0 Å². The Kier molecular flexibility index (Phi) is 4.42. The average molecular weight is 259 g/mol. The molecule has 0 bridgehead atoms. The number of ether oxygens (including phenoxy) is 2. The Hall–Kier alpha value is -0.540. The second-order valence-corrected chi connectivity index (χ2v) is 4.13. The Morgan fingerprint density at radius 2 is 2.07 bits per heavy atom. The van der Waals surface area contributed by atoms with Crippen molar-refractivity contribution in [3.05, 3.63) is 28.2 Å². The highest BCUT2D eigenvalue weighted by molar-refractivity contribution is 9.10. The Bertz CT molecular complexity index is 297. The fourth-order valence-corrected chi connectivity index (χ4v) is 1.58. The fraction of sp³-hybridized carbons (Fsp3) is 0.455. The van der Waals surface area contributed by atoms with E-state index in [0.29, 0.717) is 6.61 Å². The third-order valence-electron chi connectivity index (χ3n) is 1.86. The maximum Gasteiger partial charge on any atom is 0.125 e. The lowest BCUT2D eigenvalue weighted by atomic mass is 10.2. The maximum atomic E-state index is 5.54. The molecular weight excluding hydrogens is 244 g/mol. The molecule has 0 saturated carbocycles. The van der Waals surface area contributed by atoms with E-state index >= 15 is 0 Å². The van der Waals surface area contributed by atoms with Crippen molar-refractivity contribution in [3.8, 4) is 5.75 Å². The minimum Gasteiger partial charge on any atom is -0.496 e. The summed E-state index contributed by atoms with van der Waals surface area (Å²) >= 11 is 3.48. The van der Waals surface area contributed by atoms with Gasteiger partial charge in [0.1, 0.15) is 5.75 Å². The van der Waals surface area contributed by atoms with Crippen LogP contribution >= 0.6 is 15.9 Å². The van der Waals surface area contributed by atoms with Crippen LogP contribution in [0.1, 0.15) is 19.4 Å². The lowest BCUT2D eigenvalue weighted by molar-refractivity contribution is 0.0641. The van der Waals surface area contributed by atoms with Gasteiger partial charge in [0.2, 0.25) is 0 Å². The van der Waals surface area contributed by atoms with Gasteiger partial charge in [-0.3, -0.25) is 0 Å². The summed E-state index contributed by atoms with van der Waals surface area (Å²) in [5, 5.41) is 0. The molecule has 0 radical (unpaired) electrons. The van der Waals surface area contributed by atoms with E-state index in [9.17, 15) is 0 Å². The van der Waals surface area contributed by atoms with E-state index in [-0.39, 0.29) is 6.10 Å². The quantitative estimate of drug-likeness (QED) is 0.825. The standard InChI is InChI=1S/C11H15BrO2/c1-8(2)14-7-9-10(12)5-4-6-11(9)13-3/h4-6,8H,7H2,1-3H3. The maximum absolute atomic E-state index is 5.54. The summed E-state index contributed by atoms with van der Waals surface area (Å²) < 4.78 is 11.8. The van der Waals surface area contributed by atoms with Gasteiger partial charge < -0.3 is 9.47 Å². The molecule has 1 aromatic rings. The summed E-state index contributed by atoms with van der Waals surface area (Å²) in [4.78, 5) is 0. The number of halogens is 1. The van der Waals surface area contributed by atoms with Gasteiger partial charge in [0.05, 0.1) is 19.8 Å². The van der Waals surface area contributed by atoms with Crippen LogP contribution in [0.15, 0.2) is 22.7 Å². The third kappa shape index (κ3) is 3.00. The van der Waals surface area contributed by atoms with Gasteiger partial charge in [0.15, 0.2) is 0 Å². The highest BCUT2D eigenvalue weighted by Gasteiger charge is 2.07. The van der Waals surface area contributed by atoms with Gasteiger partial charge in [-0.25, -0.2) is 0 Å². The van der Waals surface area contributed by atoms with Crippen LogP contribution in [0.4, 0.5) is 0 Å². The van der Waals surface area contributed by atoms with Crippen LogP contribution in [0.25, 0.3) is 0 Å². The van der Waals surface area contributed by atoms with Crippen LogP contribution in [-0.2, 0) is 11.3 Å². The van der Waals surface area contributed by atoms with Crippen molar-refractivity contribution in [1.82, 2.24) is 0 Å². The van der Waals surface area contributed by atoms with Crippen molar-refractivity contribution in [3.63, 3.8) is 0 Å². The Morgan fingerprint density at radius 1 is 1.36 bits per heavy atom. The van der Waals surface area contributed by atoms with Gasteiger partial charge in [0.25, 0.3) is 0 Å². The number of hydrogen-bond acceptors (Lipinski definition) is 2. The lowest BCUT2D eigenvalue weighted by Gasteiger charge is -2.12. The summed E-state index contributed by atoms with van der Waals surface area (Å²) in [6.07, 6.45) is 0.229. The van der Waals surface area contributed by atoms with Gasteiger partial charge in [0, 0.05) is 10.0 Å². The fourth-order valence-electron chi connectivity index (χ4n) is 1.12. The molecule has 14 heavy (non-hydrogen) atoms. The molecule has 0 aromatic heterocycles. The lowest BCUT2D eigenvalue weighted by Crippen LogP contribution is -2.04. The van der Waals surface area contributed by atoms with E-state index in [4.69, 9.17) is 9.47 Å². The predicted molar refractivity (Wildman–Crippen MR) is 60.6 cm³/mol. The van der Waals surface area contributed by atoms with Crippen LogP contribution in [0.5, 0.6) is 5.75 Å². The zero-order valence-corrected chi connectivity index (χ0v) is 10.3. The average Bonchev–Trinajstić information content (AvgIpc) is 2.15. The number of hydrogen-bond donors (Lipinski definition) is 0. The molecule has 0 unspecified atom stereocenters. The Balaban J connectivity index is 2.82. The van der Waals surface area contributed by atoms with Crippen molar-refractivity contribution < 1.29 is 9.47 Å². The second kappa shape index (κ2) is 5.37. The number of methoxy groups -OCH3 is 1. The van der Waals surface area contributed by atoms with Crippen LogP contribution in [0, 0.1) is 0 Å². The van der Waals surface area contributed by atoms with E-state index in [1.807, 2.05) is 32.0 Å². The molecule has 0 spiro atoms. The minimum absolute atomic E-state index is 0.229. The second-order valence-electron chi connectivity index (χ2n) is 3.28. The minimum atomic E-state index is 0.229. The molecule has 0 aliphatic carbocycles. The van der Waals surface area contributed by atoms with Crippen molar-refractivity contribution >= 4 is 15.9 Å². The molecule has 1 rings (SSSR count). The molecule has 0 N–H and O–H groups in total. The first-order chi connectivity index (χ1) is 6.65. The van der Waals surface area contributed by atoms with Crippen LogP contribution in [0.3, 0.4) is 0 Å². The van der Waals surface area contributed by atoms with E-state index in [1.165, 1.54) is 0 Å². The normalized spacial score (nSPS) is 10.6. The molecule has 0 fully saturated rings. The van der Waals surface area contributed by atoms with E-state index in [0.717, 1.165) is 15.8 Å². The van der Waals surface area contributed by atoms with E-state index < -0.39 is 0 Å². The first kappa shape index (κ1) is 11.5.